The fourth-order valence-electron chi connectivity index (χ4n) is 2.28. The van der Waals surface area contributed by atoms with Gasteiger partial charge in [-0.1, -0.05) is 23.2 Å². The predicted octanol–water partition coefficient (Wildman–Crippen LogP) is 1.96. The molecule has 0 radical (unpaired) electrons. The number of hydrogen-bond acceptors (Lipinski definition) is 1. The van der Waals surface area contributed by atoms with Crippen LogP contribution >= 0.6 is 35.4 Å². The van der Waals surface area contributed by atoms with Gasteiger partial charge in [-0.3, -0.25) is 0 Å². The zero-order valence-electron chi connectivity index (χ0n) is 10.6. The van der Waals surface area contributed by atoms with Gasteiger partial charge in [-0.25, -0.2) is 0 Å². The van der Waals surface area contributed by atoms with Gasteiger partial charge >= 0.3 is 0 Å². The lowest BCUT2D eigenvalue weighted by atomic mass is 10.3. The first-order valence-electron chi connectivity index (χ1n) is 6.48. The van der Waals surface area contributed by atoms with Crippen molar-refractivity contribution in [3.63, 3.8) is 0 Å². The Morgan fingerprint density at radius 1 is 1.16 bits per heavy atom. The highest BCUT2D eigenvalue weighted by Gasteiger charge is 2.14. The van der Waals surface area contributed by atoms with Crippen molar-refractivity contribution in [2.24, 2.45) is 0 Å². The van der Waals surface area contributed by atoms with Gasteiger partial charge < -0.3 is 15.5 Å². The van der Waals surface area contributed by atoms with Crippen molar-refractivity contribution in [2.75, 3.05) is 31.5 Å². The Hall–Kier alpha value is -0.550. The van der Waals surface area contributed by atoms with Gasteiger partial charge in [-0.2, -0.15) is 0 Å². The second kappa shape index (κ2) is 7.29. The van der Waals surface area contributed by atoms with Gasteiger partial charge in [-0.05, 0) is 30.4 Å². The molecule has 0 spiro atoms. The van der Waals surface area contributed by atoms with E-state index in [1.165, 1.54) is 25.9 Å². The van der Waals surface area contributed by atoms with Crippen LogP contribution in [0.25, 0.3) is 0 Å². The quantitative estimate of drug-likeness (QED) is 0.741. The van der Waals surface area contributed by atoms with E-state index in [4.69, 9.17) is 35.4 Å². The molecule has 1 aliphatic heterocycles. The molecule has 1 saturated heterocycles. The average Bonchev–Trinajstić information content (AvgIpc) is 2.80. The second-order valence-electron chi connectivity index (χ2n) is 4.75. The van der Waals surface area contributed by atoms with Crippen molar-refractivity contribution in [1.29, 1.82) is 0 Å². The van der Waals surface area contributed by atoms with Gasteiger partial charge in [-0.15, -0.1) is 0 Å². The number of nitrogens with one attached hydrogen (secondary N) is 3. The smallest absolute Gasteiger partial charge is 0.170 e. The Labute approximate surface area is 129 Å². The molecule has 6 heteroatoms. The Balaban J connectivity index is 1.74. The van der Waals surface area contributed by atoms with Crippen molar-refractivity contribution < 1.29 is 4.90 Å². The molecule has 1 aliphatic rings. The molecule has 0 saturated carbocycles. The van der Waals surface area contributed by atoms with Crippen LogP contribution in [-0.4, -0.2) is 31.3 Å². The van der Waals surface area contributed by atoms with E-state index >= 15 is 0 Å². The minimum atomic E-state index is 0.597. The normalized spacial score (nSPS) is 15.5. The van der Waals surface area contributed by atoms with E-state index in [1.54, 1.807) is 23.1 Å². The third kappa shape index (κ3) is 5.15. The molecule has 19 heavy (non-hydrogen) atoms. The summed E-state index contributed by atoms with van der Waals surface area (Å²) in [6.45, 7) is 4.56. The monoisotopic (exact) mass is 318 g/mol. The number of anilines is 1. The standard InChI is InChI=1S/C13H17Cl2N3S/c14-10-7-11(15)9-12(8-10)17-13(19)16-3-6-18-4-1-2-5-18/h7-9H,1-6H2,(H2,16,17,19)/p+1. The molecule has 1 heterocycles. The summed E-state index contributed by atoms with van der Waals surface area (Å²) in [6.07, 6.45) is 2.69. The summed E-state index contributed by atoms with van der Waals surface area (Å²) in [7, 11) is 0. The van der Waals surface area contributed by atoms with Gasteiger partial charge in [0, 0.05) is 28.6 Å². The largest absolute Gasteiger partial charge is 0.357 e. The SMILES string of the molecule is S=C(NCC[NH+]1CCCC1)Nc1cc(Cl)cc(Cl)c1. The maximum absolute atomic E-state index is 5.93. The minimum absolute atomic E-state index is 0.597. The zero-order valence-corrected chi connectivity index (χ0v) is 13.0. The van der Waals surface area contributed by atoms with E-state index in [1.807, 2.05) is 0 Å². The van der Waals surface area contributed by atoms with Crippen molar-refractivity contribution in [3.8, 4) is 0 Å². The van der Waals surface area contributed by atoms with Crippen molar-refractivity contribution in [1.82, 2.24) is 5.32 Å². The van der Waals surface area contributed by atoms with E-state index in [-0.39, 0.29) is 0 Å². The van der Waals surface area contributed by atoms with Crippen molar-refractivity contribution >= 4 is 46.2 Å². The number of likely N-dealkylation sites (tertiary alicyclic amines) is 1. The Bertz CT molecular complexity index is 427. The molecule has 2 rings (SSSR count). The minimum Gasteiger partial charge on any atom is -0.357 e. The number of benzene rings is 1. The van der Waals surface area contributed by atoms with Crippen molar-refractivity contribution in [2.45, 2.75) is 12.8 Å². The Morgan fingerprint density at radius 3 is 2.42 bits per heavy atom. The highest BCUT2D eigenvalue weighted by molar-refractivity contribution is 7.80. The molecule has 1 fully saturated rings. The van der Waals surface area contributed by atoms with E-state index < -0.39 is 0 Å². The van der Waals surface area contributed by atoms with Crippen LogP contribution in [0.4, 0.5) is 5.69 Å². The first-order chi connectivity index (χ1) is 9.13. The molecular weight excluding hydrogens is 301 g/mol. The van der Waals surface area contributed by atoms with Crippen LogP contribution in [0.5, 0.6) is 0 Å². The first kappa shape index (κ1) is 14.9. The van der Waals surface area contributed by atoms with Crippen molar-refractivity contribution in [3.05, 3.63) is 28.2 Å². The summed E-state index contributed by atoms with van der Waals surface area (Å²) in [6, 6.07) is 5.29. The molecule has 0 bridgehead atoms. The number of thiocarbonyl (C=S) groups is 1. The maximum atomic E-state index is 5.93. The second-order valence-corrected chi connectivity index (χ2v) is 6.03. The lowest BCUT2D eigenvalue weighted by Gasteiger charge is -2.14. The number of hydrogen-bond donors (Lipinski definition) is 3. The lowest BCUT2D eigenvalue weighted by molar-refractivity contribution is -0.886. The summed E-state index contributed by atoms with van der Waals surface area (Å²) in [5, 5.41) is 8.10. The third-order valence-corrected chi connectivity index (χ3v) is 3.88. The molecular formula is C13H18Cl2N3S+. The van der Waals surface area contributed by atoms with Gasteiger partial charge in [0.15, 0.2) is 5.11 Å². The molecule has 0 atom stereocenters. The summed E-state index contributed by atoms with van der Waals surface area (Å²) in [5.74, 6) is 0. The van der Waals surface area contributed by atoms with Crippen LogP contribution in [0.1, 0.15) is 12.8 Å². The molecule has 3 nitrogen and oxygen atoms in total. The molecule has 0 aliphatic carbocycles. The highest BCUT2D eigenvalue weighted by Crippen LogP contribution is 2.22. The van der Waals surface area contributed by atoms with E-state index in [2.05, 4.69) is 10.6 Å². The molecule has 0 aromatic heterocycles. The van der Waals surface area contributed by atoms with E-state index in [9.17, 15) is 0 Å². The topological polar surface area (TPSA) is 28.5 Å². The van der Waals surface area contributed by atoms with Crippen LogP contribution < -0.4 is 15.5 Å². The van der Waals surface area contributed by atoms with Crippen LogP contribution in [0.3, 0.4) is 0 Å². The number of rotatable bonds is 4. The molecule has 3 N–H and O–H groups in total. The fourth-order valence-corrected chi connectivity index (χ4v) is 3.03. The fraction of sp³-hybridized carbons (Fsp3) is 0.462. The molecule has 0 amide bonds. The predicted molar refractivity (Wildman–Crippen MR) is 85.5 cm³/mol. The highest BCUT2D eigenvalue weighted by atomic mass is 35.5. The lowest BCUT2D eigenvalue weighted by Crippen LogP contribution is -3.10. The van der Waals surface area contributed by atoms with Crippen LogP contribution in [0, 0.1) is 0 Å². The molecule has 104 valence electrons. The van der Waals surface area contributed by atoms with Gasteiger partial charge in [0.1, 0.15) is 0 Å². The molecule has 1 aromatic rings. The number of halogens is 2. The van der Waals surface area contributed by atoms with Crippen LogP contribution in [-0.2, 0) is 0 Å². The van der Waals surface area contributed by atoms with Crippen LogP contribution in [0.15, 0.2) is 18.2 Å². The molecule has 0 unspecified atom stereocenters. The van der Waals surface area contributed by atoms with Gasteiger partial charge in [0.25, 0.3) is 0 Å². The zero-order chi connectivity index (χ0) is 13.7. The summed E-state index contributed by atoms with van der Waals surface area (Å²) < 4.78 is 0. The van der Waals surface area contributed by atoms with E-state index in [0.29, 0.717) is 15.2 Å². The average molecular weight is 319 g/mol. The Morgan fingerprint density at radius 2 is 1.79 bits per heavy atom. The van der Waals surface area contributed by atoms with E-state index in [0.717, 1.165) is 18.8 Å². The first-order valence-corrected chi connectivity index (χ1v) is 7.64. The maximum Gasteiger partial charge on any atom is 0.170 e. The summed E-state index contributed by atoms with van der Waals surface area (Å²) >= 11 is 17.1. The third-order valence-electron chi connectivity index (χ3n) is 3.20. The molecule has 1 aromatic carbocycles. The van der Waals surface area contributed by atoms with Gasteiger partial charge in [0.05, 0.1) is 26.2 Å². The van der Waals surface area contributed by atoms with Crippen LogP contribution in [0.2, 0.25) is 10.0 Å². The Kier molecular flexibility index (Phi) is 5.70. The summed E-state index contributed by atoms with van der Waals surface area (Å²) in [5.41, 5.74) is 0.809. The number of quaternary nitrogens is 1. The summed E-state index contributed by atoms with van der Waals surface area (Å²) in [4.78, 5) is 1.65. The van der Waals surface area contributed by atoms with Gasteiger partial charge in [0.2, 0.25) is 0 Å².